The Balaban J connectivity index is 2.25. The highest BCUT2D eigenvalue weighted by molar-refractivity contribution is 6.30. The molecule has 1 nitrogen and oxygen atoms in total. The highest BCUT2D eigenvalue weighted by atomic mass is 35.5. The minimum absolute atomic E-state index is 0.173. The summed E-state index contributed by atoms with van der Waals surface area (Å²) < 4.78 is 13.6. The van der Waals surface area contributed by atoms with Crippen molar-refractivity contribution in [2.24, 2.45) is 5.73 Å². The topological polar surface area (TPSA) is 26.0 Å². The summed E-state index contributed by atoms with van der Waals surface area (Å²) in [7, 11) is 0. The van der Waals surface area contributed by atoms with Crippen LogP contribution in [-0.4, -0.2) is 12.2 Å². The number of alkyl halides is 1. The van der Waals surface area contributed by atoms with Crippen LogP contribution in [0.2, 0.25) is 5.02 Å². The minimum Gasteiger partial charge on any atom is -0.330 e. The minimum atomic E-state index is -1.06. The van der Waals surface area contributed by atoms with Crippen LogP contribution < -0.4 is 5.73 Å². The van der Waals surface area contributed by atoms with Crippen LogP contribution in [0.25, 0.3) is 0 Å². The van der Waals surface area contributed by atoms with Crippen LogP contribution in [0, 0.1) is 0 Å². The molecule has 2 rings (SSSR count). The number of halogens is 2. The van der Waals surface area contributed by atoms with Crippen LogP contribution in [0.4, 0.5) is 4.39 Å². The van der Waals surface area contributed by atoms with Gasteiger partial charge in [0.15, 0.2) is 0 Å². The van der Waals surface area contributed by atoms with Crippen LogP contribution in [0.1, 0.15) is 25.3 Å². The fourth-order valence-corrected chi connectivity index (χ4v) is 2.76. The Morgan fingerprint density at radius 2 is 1.87 bits per heavy atom. The second-order valence-electron chi connectivity index (χ2n) is 4.76. The number of nitrogens with two attached hydrogens (primary N) is 1. The van der Waals surface area contributed by atoms with E-state index in [9.17, 15) is 4.39 Å². The summed E-state index contributed by atoms with van der Waals surface area (Å²) in [6.45, 7) is 2.13. The predicted molar refractivity (Wildman–Crippen MR) is 60.9 cm³/mol. The first-order valence-electron chi connectivity index (χ1n) is 5.13. The van der Waals surface area contributed by atoms with Crippen LogP contribution in [0.15, 0.2) is 24.3 Å². The van der Waals surface area contributed by atoms with Gasteiger partial charge in [0.2, 0.25) is 0 Å². The lowest BCUT2D eigenvalue weighted by Crippen LogP contribution is -2.54. The summed E-state index contributed by atoms with van der Waals surface area (Å²) in [4.78, 5) is 0. The maximum atomic E-state index is 13.6. The van der Waals surface area contributed by atoms with E-state index >= 15 is 0 Å². The van der Waals surface area contributed by atoms with Crippen molar-refractivity contribution in [3.05, 3.63) is 34.9 Å². The molecule has 0 bridgehead atoms. The van der Waals surface area contributed by atoms with E-state index in [1.807, 2.05) is 24.3 Å². The van der Waals surface area contributed by atoms with E-state index in [0.29, 0.717) is 24.4 Å². The quantitative estimate of drug-likeness (QED) is 0.826. The third-order valence-corrected chi connectivity index (χ3v) is 3.51. The Morgan fingerprint density at radius 1 is 1.33 bits per heavy atom. The third-order valence-electron chi connectivity index (χ3n) is 3.26. The fraction of sp³-hybridized carbons (Fsp3) is 0.500. The Labute approximate surface area is 94.4 Å². The highest BCUT2D eigenvalue weighted by Crippen LogP contribution is 2.51. The Kier molecular flexibility index (Phi) is 2.52. The molecule has 3 heteroatoms. The zero-order valence-corrected chi connectivity index (χ0v) is 9.52. The molecule has 2 N–H and O–H groups in total. The average molecular weight is 228 g/mol. The Morgan fingerprint density at radius 3 is 2.27 bits per heavy atom. The predicted octanol–water partition coefficient (Wildman–Crippen LogP) is 3.06. The first-order valence-corrected chi connectivity index (χ1v) is 5.50. The van der Waals surface area contributed by atoms with Crippen molar-refractivity contribution in [1.82, 2.24) is 0 Å². The molecule has 1 aliphatic carbocycles. The molecule has 82 valence electrons. The molecular formula is C12H15ClFN. The van der Waals surface area contributed by atoms with Crippen molar-refractivity contribution < 1.29 is 4.39 Å². The zero-order valence-electron chi connectivity index (χ0n) is 8.76. The molecule has 1 aromatic rings. The molecule has 1 aliphatic rings. The number of hydrogen-bond donors (Lipinski definition) is 1. The number of rotatable bonds is 2. The van der Waals surface area contributed by atoms with Gasteiger partial charge in [0.1, 0.15) is 5.67 Å². The van der Waals surface area contributed by atoms with E-state index in [4.69, 9.17) is 17.3 Å². The molecule has 0 atom stereocenters. The third kappa shape index (κ3) is 1.88. The summed E-state index contributed by atoms with van der Waals surface area (Å²) >= 11 is 5.82. The van der Waals surface area contributed by atoms with Gasteiger partial charge in [-0.15, -0.1) is 0 Å². The lowest BCUT2D eigenvalue weighted by atomic mass is 9.57. The molecule has 1 aromatic carbocycles. The van der Waals surface area contributed by atoms with Gasteiger partial charge in [0.05, 0.1) is 0 Å². The smallest absolute Gasteiger partial charge is 0.110 e. The fourth-order valence-electron chi connectivity index (χ4n) is 2.63. The lowest BCUT2D eigenvalue weighted by Gasteiger charge is -2.50. The van der Waals surface area contributed by atoms with Gasteiger partial charge in [-0.25, -0.2) is 4.39 Å². The maximum Gasteiger partial charge on any atom is 0.110 e. The van der Waals surface area contributed by atoms with Crippen LogP contribution in [0.3, 0.4) is 0 Å². The van der Waals surface area contributed by atoms with Crippen molar-refractivity contribution in [3.8, 4) is 0 Å². The van der Waals surface area contributed by atoms with Gasteiger partial charge in [0, 0.05) is 17.0 Å². The van der Waals surface area contributed by atoms with Crippen molar-refractivity contribution in [1.29, 1.82) is 0 Å². The molecule has 0 heterocycles. The van der Waals surface area contributed by atoms with Gasteiger partial charge in [-0.3, -0.25) is 0 Å². The van der Waals surface area contributed by atoms with Gasteiger partial charge >= 0.3 is 0 Å². The lowest BCUT2D eigenvalue weighted by molar-refractivity contribution is 0.00274. The molecule has 1 fully saturated rings. The normalized spacial score (nSPS) is 34.9. The SMILES string of the molecule is CC1(F)CC(CN)(c2ccc(Cl)cc2)C1. The standard InChI is InChI=1S/C12H15ClFN/c1-11(14)6-12(7-11,8-15)9-2-4-10(13)5-3-9/h2-5H,6-8,15H2,1H3. The molecule has 0 aromatic heterocycles. The monoisotopic (exact) mass is 227 g/mol. The summed E-state index contributed by atoms with van der Waals surface area (Å²) in [5, 5.41) is 0.702. The van der Waals surface area contributed by atoms with E-state index in [0.717, 1.165) is 5.56 Å². The zero-order chi connectivity index (χ0) is 11.1. The first-order chi connectivity index (χ1) is 6.97. The second kappa shape index (κ2) is 3.46. The largest absolute Gasteiger partial charge is 0.330 e. The van der Waals surface area contributed by atoms with Crippen molar-refractivity contribution in [2.75, 3.05) is 6.54 Å². The molecule has 0 amide bonds. The van der Waals surface area contributed by atoms with Crippen molar-refractivity contribution in [2.45, 2.75) is 30.8 Å². The molecule has 0 unspecified atom stereocenters. The molecule has 0 spiro atoms. The summed E-state index contributed by atoms with van der Waals surface area (Å²) in [5.74, 6) is 0. The molecule has 15 heavy (non-hydrogen) atoms. The first kappa shape index (κ1) is 10.9. The van der Waals surface area contributed by atoms with Crippen LogP contribution in [0.5, 0.6) is 0 Å². The van der Waals surface area contributed by atoms with E-state index in [2.05, 4.69) is 0 Å². The van der Waals surface area contributed by atoms with Gasteiger partial charge in [0.25, 0.3) is 0 Å². The second-order valence-corrected chi connectivity index (χ2v) is 5.19. The summed E-state index contributed by atoms with van der Waals surface area (Å²) in [6, 6.07) is 7.57. The van der Waals surface area contributed by atoms with Gasteiger partial charge in [-0.2, -0.15) is 0 Å². The molecule has 0 saturated heterocycles. The summed E-state index contributed by atoms with van der Waals surface area (Å²) in [5.41, 5.74) is 5.63. The van der Waals surface area contributed by atoms with Crippen LogP contribution in [-0.2, 0) is 5.41 Å². The highest BCUT2D eigenvalue weighted by Gasteiger charge is 2.52. The van der Waals surface area contributed by atoms with Crippen molar-refractivity contribution >= 4 is 11.6 Å². The molecular weight excluding hydrogens is 213 g/mol. The van der Waals surface area contributed by atoms with E-state index in [1.54, 1.807) is 6.92 Å². The molecule has 0 radical (unpaired) electrons. The van der Waals surface area contributed by atoms with E-state index < -0.39 is 5.67 Å². The van der Waals surface area contributed by atoms with Gasteiger partial charge in [-0.05, 0) is 37.5 Å². The maximum absolute atomic E-state index is 13.6. The Bertz CT molecular complexity index is 350. The molecule has 1 saturated carbocycles. The molecule has 0 aliphatic heterocycles. The number of benzene rings is 1. The van der Waals surface area contributed by atoms with Crippen molar-refractivity contribution in [3.63, 3.8) is 0 Å². The van der Waals surface area contributed by atoms with Crippen LogP contribution >= 0.6 is 11.6 Å². The van der Waals surface area contributed by atoms with Gasteiger partial charge in [-0.1, -0.05) is 23.7 Å². The summed E-state index contributed by atoms with van der Waals surface area (Å²) in [6.07, 6.45) is 1.02. The average Bonchev–Trinajstić information content (AvgIpc) is 2.14. The van der Waals surface area contributed by atoms with E-state index in [-0.39, 0.29) is 5.41 Å². The van der Waals surface area contributed by atoms with E-state index in [1.165, 1.54) is 0 Å². The Hall–Kier alpha value is -0.600. The number of hydrogen-bond acceptors (Lipinski definition) is 1. The van der Waals surface area contributed by atoms with Gasteiger partial charge < -0.3 is 5.73 Å².